The van der Waals surface area contributed by atoms with Gasteiger partial charge in [0.15, 0.2) is 0 Å². The Bertz CT molecular complexity index is 484. The van der Waals surface area contributed by atoms with Crippen molar-refractivity contribution in [1.29, 1.82) is 0 Å². The number of benzene rings is 1. The van der Waals surface area contributed by atoms with E-state index < -0.39 is 10.2 Å². The number of rotatable bonds is 6. The van der Waals surface area contributed by atoms with Gasteiger partial charge in [0.1, 0.15) is 0 Å². The molecule has 0 spiro atoms. The van der Waals surface area contributed by atoms with E-state index in [2.05, 4.69) is 0 Å². The first-order valence-electron chi connectivity index (χ1n) is 6.69. The third kappa shape index (κ3) is 3.26. The first-order valence-corrected chi connectivity index (χ1v) is 8.09. The van der Waals surface area contributed by atoms with Crippen LogP contribution in [0.4, 0.5) is 5.69 Å². The van der Waals surface area contributed by atoms with Crippen LogP contribution in [0.2, 0.25) is 0 Å². The molecule has 1 aromatic carbocycles. The Morgan fingerprint density at radius 1 is 1.16 bits per heavy atom. The van der Waals surface area contributed by atoms with Gasteiger partial charge in [0.05, 0.1) is 5.69 Å². The van der Waals surface area contributed by atoms with Gasteiger partial charge >= 0.3 is 10.2 Å². The maximum atomic E-state index is 12.7. The quantitative estimate of drug-likeness (QED) is 0.852. The van der Waals surface area contributed by atoms with Gasteiger partial charge < -0.3 is 5.73 Å². The fourth-order valence-electron chi connectivity index (χ4n) is 2.27. The Hall–Kier alpha value is -1.11. The highest BCUT2D eigenvalue weighted by Gasteiger charge is 2.31. The van der Waals surface area contributed by atoms with Crippen molar-refractivity contribution >= 4 is 15.9 Å². The SMILES string of the molecule is NCCCN(c1ccccc1)S(=O)(=O)N1CCCC1. The Morgan fingerprint density at radius 2 is 1.79 bits per heavy atom. The van der Waals surface area contributed by atoms with Gasteiger partial charge in [-0.3, -0.25) is 4.31 Å². The van der Waals surface area contributed by atoms with Crippen LogP contribution in [0.3, 0.4) is 0 Å². The van der Waals surface area contributed by atoms with Crippen LogP contribution in [-0.4, -0.2) is 38.9 Å². The van der Waals surface area contributed by atoms with Crippen LogP contribution in [0.5, 0.6) is 0 Å². The summed E-state index contributed by atoms with van der Waals surface area (Å²) in [5, 5.41) is 0. The molecule has 6 heteroatoms. The molecule has 1 aromatic rings. The van der Waals surface area contributed by atoms with Crippen LogP contribution >= 0.6 is 0 Å². The molecule has 19 heavy (non-hydrogen) atoms. The molecule has 5 nitrogen and oxygen atoms in total. The van der Waals surface area contributed by atoms with E-state index in [0.717, 1.165) is 12.8 Å². The van der Waals surface area contributed by atoms with Crippen molar-refractivity contribution in [3.05, 3.63) is 30.3 Å². The van der Waals surface area contributed by atoms with Gasteiger partial charge in [-0.2, -0.15) is 12.7 Å². The number of nitrogens with two attached hydrogens (primary N) is 1. The molecule has 0 unspecified atom stereocenters. The highest BCUT2D eigenvalue weighted by Crippen LogP contribution is 2.23. The smallest absolute Gasteiger partial charge is 0.304 e. The zero-order valence-electron chi connectivity index (χ0n) is 11.0. The predicted octanol–water partition coefficient (Wildman–Crippen LogP) is 1.18. The van der Waals surface area contributed by atoms with Crippen molar-refractivity contribution < 1.29 is 8.42 Å². The molecule has 2 rings (SSSR count). The van der Waals surface area contributed by atoms with Crippen LogP contribution in [0, 0.1) is 0 Å². The molecular weight excluding hydrogens is 262 g/mol. The number of hydrogen-bond acceptors (Lipinski definition) is 3. The van der Waals surface area contributed by atoms with Crippen LogP contribution < -0.4 is 10.0 Å². The van der Waals surface area contributed by atoms with Gasteiger partial charge in [0, 0.05) is 19.6 Å². The Labute approximate surface area is 115 Å². The summed E-state index contributed by atoms with van der Waals surface area (Å²) in [6.07, 6.45) is 2.54. The summed E-state index contributed by atoms with van der Waals surface area (Å²) in [5.41, 5.74) is 6.23. The van der Waals surface area contributed by atoms with Crippen molar-refractivity contribution in [2.45, 2.75) is 19.3 Å². The number of anilines is 1. The predicted molar refractivity (Wildman–Crippen MR) is 77.2 cm³/mol. The van der Waals surface area contributed by atoms with E-state index in [4.69, 9.17) is 5.73 Å². The molecule has 0 atom stereocenters. The molecule has 106 valence electrons. The third-order valence-electron chi connectivity index (χ3n) is 3.28. The molecule has 2 N–H and O–H groups in total. The third-order valence-corrected chi connectivity index (χ3v) is 5.25. The Morgan fingerprint density at radius 3 is 2.37 bits per heavy atom. The summed E-state index contributed by atoms with van der Waals surface area (Å²) in [7, 11) is -3.41. The van der Waals surface area contributed by atoms with Gasteiger partial charge in [-0.15, -0.1) is 0 Å². The molecule has 1 saturated heterocycles. The molecule has 0 bridgehead atoms. The van der Waals surface area contributed by atoms with Crippen LogP contribution in [0.1, 0.15) is 19.3 Å². The highest BCUT2D eigenvalue weighted by molar-refractivity contribution is 7.90. The van der Waals surface area contributed by atoms with Crippen LogP contribution in [-0.2, 0) is 10.2 Å². The Balaban J connectivity index is 2.26. The molecule has 1 heterocycles. The Kier molecular flexibility index (Phi) is 4.79. The molecule has 1 aliphatic heterocycles. The summed E-state index contributed by atoms with van der Waals surface area (Å²) in [5.74, 6) is 0. The lowest BCUT2D eigenvalue weighted by Gasteiger charge is -2.28. The standard InChI is InChI=1S/C13H21N3O2S/c14-9-6-12-16(13-7-2-1-3-8-13)19(17,18)15-10-4-5-11-15/h1-3,7-8H,4-6,9-12,14H2. The van der Waals surface area contributed by atoms with Gasteiger partial charge in [-0.05, 0) is 37.9 Å². The first kappa shape index (κ1) is 14.3. The second-order valence-electron chi connectivity index (χ2n) is 4.66. The monoisotopic (exact) mass is 283 g/mol. The lowest BCUT2D eigenvalue weighted by Crippen LogP contribution is -2.43. The maximum Gasteiger partial charge on any atom is 0.304 e. The van der Waals surface area contributed by atoms with Gasteiger partial charge in [0.2, 0.25) is 0 Å². The molecule has 1 fully saturated rings. The molecule has 0 radical (unpaired) electrons. The summed E-state index contributed by atoms with van der Waals surface area (Å²) in [4.78, 5) is 0. The van der Waals surface area contributed by atoms with Gasteiger partial charge in [0.25, 0.3) is 0 Å². The maximum absolute atomic E-state index is 12.7. The molecule has 0 aliphatic carbocycles. The van der Waals surface area contributed by atoms with Crippen molar-refractivity contribution in [3.63, 3.8) is 0 Å². The topological polar surface area (TPSA) is 66.6 Å². The summed E-state index contributed by atoms with van der Waals surface area (Å²) in [6, 6.07) is 9.23. The zero-order valence-corrected chi connectivity index (χ0v) is 11.8. The second kappa shape index (κ2) is 6.36. The minimum absolute atomic E-state index is 0.430. The van der Waals surface area contributed by atoms with E-state index in [1.165, 1.54) is 4.31 Å². The van der Waals surface area contributed by atoms with E-state index in [0.29, 0.717) is 38.3 Å². The lowest BCUT2D eigenvalue weighted by atomic mass is 10.3. The zero-order chi connectivity index (χ0) is 13.7. The average Bonchev–Trinajstić information content (AvgIpc) is 2.95. The van der Waals surface area contributed by atoms with Crippen molar-refractivity contribution in [2.24, 2.45) is 5.73 Å². The van der Waals surface area contributed by atoms with E-state index in [1.807, 2.05) is 30.3 Å². The largest absolute Gasteiger partial charge is 0.330 e. The number of nitrogens with zero attached hydrogens (tertiary/aromatic N) is 2. The van der Waals surface area contributed by atoms with Crippen molar-refractivity contribution in [1.82, 2.24) is 4.31 Å². The molecule has 0 amide bonds. The van der Waals surface area contributed by atoms with Crippen molar-refractivity contribution in [3.8, 4) is 0 Å². The lowest BCUT2D eigenvalue weighted by molar-refractivity contribution is 0.472. The van der Waals surface area contributed by atoms with E-state index in [9.17, 15) is 8.42 Å². The number of para-hydroxylation sites is 1. The minimum Gasteiger partial charge on any atom is -0.330 e. The average molecular weight is 283 g/mol. The second-order valence-corrected chi connectivity index (χ2v) is 6.52. The van der Waals surface area contributed by atoms with Gasteiger partial charge in [-0.1, -0.05) is 18.2 Å². The van der Waals surface area contributed by atoms with E-state index in [1.54, 1.807) is 4.31 Å². The van der Waals surface area contributed by atoms with Gasteiger partial charge in [-0.25, -0.2) is 0 Å². The minimum atomic E-state index is -3.41. The van der Waals surface area contributed by atoms with E-state index in [-0.39, 0.29) is 0 Å². The normalized spacial score (nSPS) is 16.7. The van der Waals surface area contributed by atoms with Crippen LogP contribution in [0.25, 0.3) is 0 Å². The highest BCUT2D eigenvalue weighted by atomic mass is 32.2. The first-order chi connectivity index (χ1) is 9.16. The fourth-order valence-corrected chi connectivity index (χ4v) is 4.01. The molecule has 0 saturated carbocycles. The molecule has 0 aromatic heterocycles. The van der Waals surface area contributed by atoms with Crippen LogP contribution in [0.15, 0.2) is 30.3 Å². The molecule has 1 aliphatic rings. The summed E-state index contributed by atoms with van der Waals surface area (Å²) < 4.78 is 28.3. The fraction of sp³-hybridized carbons (Fsp3) is 0.538. The summed E-state index contributed by atoms with van der Waals surface area (Å²) >= 11 is 0. The molecular formula is C13H21N3O2S. The number of hydrogen-bond donors (Lipinski definition) is 1. The summed E-state index contributed by atoms with van der Waals surface area (Å²) in [6.45, 7) is 2.15. The van der Waals surface area contributed by atoms with E-state index >= 15 is 0 Å². The van der Waals surface area contributed by atoms with Crippen molar-refractivity contribution in [2.75, 3.05) is 30.5 Å².